The van der Waals surface area contributed by atoms with Gasteiger partial charge in [-0.15, -0.1) is 0 Å². The number of aromatic nitrogens is 1. The second kappa shape index (κ2) is 7.33. The fraction of sp³-hybridized carbons (Fsp3) is 0.583. The van der Waals surface area contributed by atoms with Gasteiger partial charge in [0.25, 0.3) is 0 Å². The quantitative estimate of drug-likeness (QED) is 0.709. The lowest BCUT2D eigenvalue weighted by atomic mass is 10.3. The van der Waals surface area contributed by atoms with Crippen molar-refractivity contribution >= 4 is 15.7 Å². The largest absolute Gasteiger partial charge is 0.384 e. The molecule has 6 heteroatoms. The minimum Gasteiger partial charge on any atom is -0.384 e. The predicted octanol–water partition coefficient (Wildman–Crippen LogP) is 1.98. The second-order valence-electron chi connectivity index (χ2n) is 4.04. The van der Waals surface area contributed by atoms with E-state index in [9.17, 15) is 8.42 Å². The topological polar surface area (TPSA) is 71.1 Å². The number of sulfonamides is 1. The number of anilines is 1. The molecule has 0 amide bonds. The Morgan fingerprint density at radius 2 is 2.00 bits per heavy atom. The molecular formula is C12H21N3O2S. The predicted molar refractivity (Wildman–Crippen MR) is 73.1 cm³/mol. The Hall–Kier alpha value is -1.14. The normalized spacial score (nSPS) is 11.4. The van der Waals surface area contributed by atoms with Crippen LogP contribution in [0.15, 0.2) is 23.4 Å². The maximum atomic E-state index is 12.0. The van der Waals surface area contributed by atoms with Crippen LogP contribution in [0, 0.1) is 0 Å². The number of nitrogens with zero attached hydrogens (tertiary/aromatic N) is 1. The van der Waals surface area contributed by atoms with E-state index in [1.807, 2.05) is 6.92 Å². The molecular weight excluding hydrogens is 250 g/mol. The van der Waals surface area contributed by atoms with E-state index in [-0.39, 0.29) is 4.90 Å². The first-order valence-electron chi connectivity index (χ1n) is 6.28. The van der Waals surface area contributed by atoms with Gasteiger partial charge in [0.05, 0.1) is 11.9 Å². The second-order valence-corrected chi connectivity index (χ2v) is 5.81. The summed E-state index contributed by atoms with van der Waals surface area (Å²) in [6.45, 7) is 5.24. The number of pyridine rings is 1. The Morgan fingerprint density at radius 3 is 2.67 bits per heavy atom. The lowest BCUT2D eigenvalue weighted by Gasteiger charge is -2.08. The van der Waals surface area contributed by atoms with Gasteiger partial charge in [0.2, 0.25) is 10.0 Å². The van der Waals surface area contributed by atoms with Crippen LogP contribution in [-0.4, -0.2) is 26.5 Å². The van der Waals surface area contributed by atoms with Gasteiger partial charge in [0.1, 0.15) is 4.90 Å². The molecule has 0 radical (unpaired) electrons. The van der Waals surface area contributed by atoms with Gasteiger partial charge in [0, 0.05) is 19.3 Å². The van der Waals surface area contributed by atoms with Crippen molar-refractivity contribution in [3.05, 3.63) is 18.5 Å². The molecule has 2 N–H and O–H groups in total. The number of unbranched alkanes of at least 4 members (excludes halogenated alkanes) is 2. The molecule has 0 bridgehead atoms. The molecule has 1 aromatic heterocycles. The molecule has 5 nitrogen and oxygen atoms in total. The molecule has 0 aromatic carbocycles. The SMILES string of the molecule is CCCCCNS(=O)(=O)c1cncc(NCC)c1. The number of hydrogen-bond acceptors (Lipinski definition) is 4. The molecule has 0 aliphatic rings. The third-order valence-electron chi connectivity index (χ3n) is 2.48. The third kappa shape index (κ3) is 4.62. The lowest BCUT2D eigenvalue weighted by molar-refractivity contribution is 0.575. The molecule has 0 spiro atoms. The maximum absolute atomic E-state index is 12.0. The summed E-state index contributed by atoms with van der Waals surface area (Å²) < 4.78 is 26.5. The fourth-order valence-electron chi connectivity index (χ4n) is 1.53. The zero-order valence-corrected chi connectivity index (χ0v) is 11.8. The van der Waals surface area contributed by atoms with Gasteiger partial charge in [-0.1, -0.05) is 19.8 Å². The Kier molecular flexibility index (Phi) is 6.07. The van der Waals surface area contributed by atoms with Gasteiger partial charge >= 0.3 is 0 Å². The highest BCUT2D eigenvalue weighted by Crippen LogP contribution is 2.13. The Labute approximate surface area is 109 Å². The fourth-order valence-corrected chi connectivity index (χ4v) is 2.59. The summed E-state index contributed by atoms with van der Waals surface area (Å²) >= 11 is 0. The van der Waals surface area contributed by atoms with Crippen LogP contribution in [0.2, 0.25) is 0 Å². The molecule has 0 aliphatic carbocycles. The summed E-state index contributed by atoms with van der Waals surface area (Å²) in [7, 11) is -3.43. The minimum absolute atomic E-state index is 0.206. The lowest BCUT2D eigenvalue weighted by Crippen LogP contribution is -2.25. The van der Waals surface area contributed by atoms with Gasteiger partial charge < -0.3 is 5.32 Å². The Balaban J connectivity index is 2.69. The van der Waals surface area contributed by atoms with E-state index >= 15 is 0 Å². The van der Waals surface area contributed by atoms with Gasteiger partial charge in [-0.05, 0) is 19.4 Å². The van der Waals surface area contributed by atoms with Crippen LogP contribution in [-0.2, 0) is 10.0 Å². The van der Waals surface area contributed by atoms with Crippen molar-refractivity contribution in [1.82, 2.24) is 9.71 Å². The molecule has 102 valence electrons. The van der Waals surface area contributed by atoms with E-state index < -0.39 is 10.0 Å². The van der Waals surface area contributed by atoms with Crippen LogP contribution in [0.1, 0.15) is 33.1 Å². The molecule has 1 rings (SSSR count). The number of nitrogens with one attached hydrogen (secondary N) is 2. The van der Waals surface area contributed by atoms with Crippen LogP contribution >= 0.6 is 0 Å². The summed E-state index contributed by atoms with van der Waals surface area (Å²) in [4.78, 5) is 4.14. The average molecular weight is 271 g/mol. The van der Waals surface area contributed by atoms with Gasteiger partial charge in [-0.3, -0.25) is 4.98 Å². The van der Waals surface area contributed by atoms with Gasteiger partial charge in [0.15, 0.2) is 0 Å². The van der Waals surface area contributed by atoms with Crippen LogP contribution in [0.5, 0.6) is 0 Å². The summed E-state index contributed by atoms with van der Waals surface area (Å²) in [6.07, 6.45) is 5.93. The number of hydrogen-bond donors (Lipinski definition) is 2. The maximum Gasteiger partial charge on any atom is 0.242 e. The average Bonchev–Trinajstić information content (AvgIpc) is 2.36. The third-order valence-corrected chi connectivity index (χ3v) is 3.90. The van der Waals surface area contributed by atoms with Crippen molar-refractivity contribution in [1.29, 1.82) is 0 Å². The van der Waals surface area contributed by atoms with E-state index in [4.69, 9.17) is 0 Å². The summed E-state index contributed by atoms with van der Waals surface area (Å²) in [5.74, 6) is 0. The summed E-state index contributed by atoms with van der Waals surface area (Å²) in [6, 6.07) is 1.60. The molecule has 0 unspecified atom stereocenters. The molecule has 0 saturated heterocycles. The van der Waals surface area contributed by atoms with Gasteiger partial charge in [-0.2, -0.15) is 0 Å². The molecule has 18 heavy (non-hydrogen) atoms. The summed E-state index contributed by atoms with van der Waals surface area (Å²) in [5.41, 5.74) is 0.717. The highest BCUT2D eigenvalue weighted by atomic mass is 32.2. The first-order valence-corrected chi connectivity index (χ1v) is 7.77. The smallest absolute Gasteiger partial charge is 0.242 e. The number of rotatable bonds is 8. The van der Waals surface area contributed by atoms with Gasteiger partial charge in [-0.25, -0.2) is 13.1 Å². The van der Waals surface area contributed by atoms with Crippen molar-refractivity contribution in [2.45, 2.75) is 38.0 Å². The molecule has 0 atom stereocenters. The highest BCUT2D eigenvalue weighted by molar-refractivity contribution is 7.89. The zero-order chi connectivity index (χ0) is 13.4. The molecule has 1 aromatic rings. The van der Waals surface area contributed by atoms with E-state index in [0.717, 1.165) is 25.8 Å². The molecule has 0 fully saturated rings. The minimum atomic E-state index is -3.43. The van der Waals surface area contributed by atoms with Crippen molar-refractivity contribution in [3.63, 3.8) is 0 Å². The molecule has 0 aliphatic heterocycles. The van der Waals surface area contributed by atoms with Crippen molar-refractivity contribution < 1.29 is 8.42 Å². The van der Waals surface area contributed by atoms with Crippen LogP contribution in [0.4, 0.5) is 5.69 Å². The van der Waals surface area contributed by atoms with Crippen molar-refractivity contribution in [3.8, 4) is 0 Å². The van der Waals surface area contributed by atoms with E-state index in [2.05, 4.69) is 21.9 Å². The van der Waals surface area contributed by atoms with Crippen LogP contribution < -0.4 is 10.0 Å². The molecule has 1 heterocycles. The first kappa shape index (κ1) is 14.9. The Morgan fingerprint density at radius 1 is 1.22 bits per heavy atom. The van der Waals surface area contributed by atoms with Crippen LogP contribution in [0.3, 0.4) is 0 Å². The highest BCUT2D eigenvalue weighted by Gasteiger charge is 2.13. The molecule has 0 saturated carbocycles. The standard InChI is InChI=1S/C12H21N3O2S/c1-3-5-6-7-15-18(16,17)12-8-11(14-4-2)9-13-10-12/h8-10,14-15H,3-7H2,1-2H3. The zero-order valence-electron chi connectivity index (χ0n) is 10.9. The Bertz CT molecular complexity index is 460. The van der Waals surface area contributed by atoms with E-state index in [0.29, 0.717) is 12.2 Å². The first-order chi connectivity index (χ1) is 8.60. The van der Waals surface area contributed by atoms with E-state index in [1.165, 1.54) is 6.20 Å². The van der Waals surface area contributed by atoms with E-state index in [1.54, 1.807) is 12.3 Å². The monoisotopic (exact) mass is 271 g/mol. The van der Waals surface area contributed by atoms with Crippen LogP contribution in [0.25, 0.3) is 0 Å². The summed E-state index contributed by atoms with van der Waals surface area (Å²) in [5, 5.41) is 3.04. The van der Waals surface area contributed by atoms with Crippen molar-refractivity contribution in [2.75, 3.05) is 18.4 Å². The van der Waals surface area contributed by atoms with Crippen molar-refractivity contribution in [2.24, 2.45) is 0 Å².